The molecule has 3 aliphatic rings. The normalized spacial score (nSPS) is 29.4. The Labute approximate surface area is 133 Å². The van der Waals surface area contributed by atoms with E-state index in [0.717, 1.165) is 84.6 Å². The molecule has 7 heteroatoms. The zero-order valence-corrected chi connectivity index (χ0v) is 14.1. The monoisotopic (exact) mass is 332 g/mol. The van der Waals surface area contributed by atoms with Gasteiger partial charge < -0.3 is 14.4 Å². The quantitative estimate of drug-likeness (QED) is 0.716. The number of hydrogen-bond acceptors (Lipinski definition) is 5. The molecule has 3 heterocycles. The van der Waals surface area contributed by atoms with E-state index in [1.54, 1.807) is 4.31 Å². The highest BCUT2D eigenvalue weighted by Crippen LogP contribution is 2.24. The summed E-state index contributed by atoms with van der Waals surface area (Å²) in [5, 5.41) is -0.175. The molecular weight excluding hydrogens is 304 g/mol. The SMILES string of the molecule is O=S(=O)(C1CCN(CCOC2CCOC2)CC1)N1CCCC1. The Morgan fingerprint density at radius 3 is 2.41 bits per heavy atom. The molecule has 3 fully saturated rings. The van der Waals surface area contributed by atoms with Crippen molar-refractivity contribution in [2.45, 2.75) is 43.5 Å². The predicted molar refractivity (Wildman–Crippen MR) is 84.4 cm³/mol. The van der Waals surface area contributed by atoms with Gasteiger partial charge in [0.05, 0.1) is 24.6 Å². The van der Waals surface area contributed by atoms with E-state index in [9.17, 15) is 8.42 Å². The van der Waals surface area contributed by atoms with Gasteiger partial charge in [-0.05, 0) is 45.2 Å². The van der Waals surface area contributed by atoms with Crippen molar-refractivity contribution >= 4 is 10.0 Å². The minimum Gasteiger partial charge on any atom is -0.379 e. The summed E-state index contributed by atoms with van der Waals surface area (Å²) in [4.78, 5) is 2.33. The molecule has 1 atom stereocenters. The number of rotatable bonds is 6. The van der Waals surface area contributed by atoms with Gasteiger partial charge in [-0.2, -0.15) is 0 Å². The maximum atomic E-state index is 12.6. The summed E-state index contributed by atoms with van der Waals surface area (Å²) in [5.41, 5.74) is 0. The van der Waals surface area contributed by atoms with Crippen LogP contribution in [0.25, 0.3) is 0 Å². The van der Waals surface area contributed by atoms with Crippen LogP contribution < -0.4 is 0 Å². The standard InChI is InChI=1S/C15H28N2O4S/c18-22(19,17-6-1-2-7-17)15-3-8-16(9-4-15)10-12-21-14-5-11-20-13-14/h14-15H,1-13H2. The number of hydrogen-bond donors (Lipinski definition) is 0. The molecule has 3 aliphatic heterocycles. The average Bonchev–Trinajstić information content (AvgIpc) is 3.21. The predicted octanol–water partition coefficient (Wildman–Crippen LogP) is 0.682. The van der Waals surface area contributed by atoms with Crippen LogP contribution in [0.15, 0.2) is 0 Å². The molecule has 0 bridgehead atoms. The summed E-state index contributed by atoms with van der Waals surface area (Å²) in [6.45, 7) is 6.31. The third-order valence-electron chi connectivity index (χ3n) is 5.03. The highest BCUT2D eigenvalue weighted by molar-refractivity contribution is 7.89. The number of sulfonamides is 1. The van der Waals surface area contributed by atoms with Gasteiger partial charge in [-0.3, -0.25) is 0 Å². The van der Waals surface area contributed by atoms with E-state index in [1.165, 1.54) is 0 Å². The fourth-order valence-electron chi connectivity index (χ4n) is 3.58. The number of likely N-dealkylation sites (tertiary alicyclic amines) is 1. The summed E-state index contributed by atoms with van der Waals surface area (Å²) < 4.78 is 37.9. The first-order valence-corrected chi connectivity index (χ1v) is 10.1. The maximum absolute atomic E-state index is 12.6. The van der Waals surface area contributed by atoms with Crippen molar-refractivity contribution in [2.75, 3.05) is 52.5 Å². The lowest BCUT2D eigenvalue weighted by atomic mass is 10.1. The van der Waals surface area contributed by atoms with Crippen molar-refractivity contribution in [2.24, 2.45) is 0 Å². The lowest BCUT2D eigenvalue weighted by molar-refractivity contribution is 0.0274. The fraction of sp³-hybridized carbons (Fsp3) is 1.00. The molecule has 22 heavy (non-hydrogen) atoms. The van der Waals surface area contributed by atoms with Crippen LogP contribution in [0.3, 0.4) is 0 Å². The third-order valence-corrected chi connectivity index (χ3v) is 7.43. The Hall–Kier alpha value is -0.210. The van der Waals surface area contributed by atoms with E-state index >= 15 is 0 Å². The van der Waals surface area contributed by atoms with Gasteiger partial charge in [0.2, 0.25) is 10.0 Å². The van der Waals surface area contributed by atoms with Gasteiger partial charge in [0.15, 0.2) is 0 Å². The second-order valence-corrected chi connectivity index (χ2v) is 8.76. The van der Waals surface area contributed by atoms with Crippen LogP contribution in [-0.4, -0.2) is 81.5 Å². The lowest BCUT2D eigenvalue weighted by Gasteiger charge is -2.33. The lowest BCUT2D eigenvalue weighted by Crippen LogP contribution is -2.45. The van der Waals surface area contributed by atoms with Crippen molar-refractivity contribution in [3.8, 4) is 0 Å². The van der Waals surface area contributed by atoms with Gasteiger partial charge in [0.1, 0.15) is 0 Å². The first-order chi connectivity index (χ1) is 10.7. The van der Waals surface area contributed by atoms with Crippen molar-refractivity contribution in [3.63, 3.8) is 0 Å². The van der Waals surface area contributed by atoms with Crippen LogP contribution in [0.5, 0.6) is 0 Å². The summed E-state index contributed by atoms with van der Waals surface area (Å²) in [6, 6.07) is 0. The van der Waals surface area contributed by atoms with Gasteiger partial charge in [-0.1, -0.05) is 0 Å². The second-order valence-electron chi connectivity index (χ2n) is 6.55. The minimum atomic E-state index is -3.06. The molecule has 0 radical (unpaired) electrons. The maximum Gasteiger partial charge on any atom is 0.217 e. The molecular formula is C15H28N2O4S. The van der Waals surface area contributed by atoms with E-state index < -0.39 is 10.0 Å². The molecule has 0 aromatic rings. The molecule has 0 aromatic carbocycles. The molecule has 0 aromatic heterocycles. The molecule has 0 saturated carbocycles. The van der Waals surface area contributed by atoms with Gasteiger partial charge in [0, 0.05) is 26.2 Å². The van der Waals surface area contributed by atoms with Gasteiger partial charge >= 0.3 is 0 Å². The summed E-state index contributed by atoms with van der Waals surface area (Å²) >= 11 is 0. The van der Waals surface area contributed by atoms with Crippen molar-refractivity contribution < 1.29 is 17.9 Å². The largest absolute Gasteiger partial charge is 0.379 e. The van der Waals surface area contributed by atoms with Crippen molar-refractivity contribution in [1.29, 1.82) is 0 Å². The Morgan fingerprint density at radius 1 is 1.05 bits per heavy atom. The molecule has 0 spiro atoms. The second kappa shape index (κ2) is 7.57. The Morgan fingerprint density at radius 2 is 1.77 bits per heavy atom. The van der Waals surface area contributed by atoms with Crippen LogP contribution in [0.2, 0.25) is 0 Å². The first kappa shape index (κ1) is 16.6. The van der Waals surface area contributed by atoms with E-state index in [-0.39, 0.29) is 11.4 Å². The zero-order valence-electron chi connectivity index (χ0n) is 13.3. The fourth-order valence-corrected chi connectivity index (χ4v) is 5.57. The van der Waals surface area contributed by atoms with E-state index in [0.29, 0.717) is 0 Å². The van der Waals surface area contributed by atoms with Gasteiger partial charge in [-0.25, -0.2) is 12.7 Å². The molecule has 3 rings (SSSR count). The smallest absolute Gasteiger partial charge is 0.217 e. The number of piperidine rings is 1. The Kier molecular flexibility index (Phi) is 5.73. The Balaban J connectivity index is 1.38. The summed E-state index contributed by atoms with van der Waals surface area (Å²) in [6.07, 6.45) is 4.79. The summed E-state index contributed by atoms with van der Waals surface area (Å²) in [5.74, 6) is 0. The van der Waals surface area contributed by atoms with Crippen LogP contribution in [-0.2, 0) is 19.5 Å². The molecule has 0 aliphatic carbocycles. The highest BCUT2D eigenvalue weighted by atomic mass is 32.2. The Bertz CT molecular complexity index is 436. The van der Waals surface area contributed by atoms with E-state index in [1.807, 2.05) is 0 Å². The topological polar surface area (TPSA) is 59.1 Å². The van der Waals surface area contributed by atoms with Crippen molar-refractivity contribution in [1.82, 2.24) is 9.21 Å². The molecule has 1 unspecified atom stereocenters. The number of nitrogens with zero attached hydrogens (tertiary/aromatic N) is 2. The molecule has 3 saturated heterocycles. The average molecular weight is 332 g/mol. The molecule has 128 valence electrons. The van der Waals surface area contributed by atoms with Gasteiger partial charge in [0.25, 0.3) is 0 Å². The molecule has 0 N–H and O–H groups in total. The van der Waals surface area contributed by atoms with Crippen LogP contribution in [0.1, 0.15) is 32.1 Å². The molecule has 0 amide bonds. The zero-order chi connectivity index (χ0) is 15.4. The van der Waals surface area contributed by atoms with Gasteiger partial charge in [-0.15, -0.1) is 0 Å². The highest BCUT2D eigenvalue weighted by Gasteiger charge is 2.35. The first-order valence-electron chi connectivity index (χ1n) is 8.57. The van der Waals surface area contributed by atoms with E-state index in [2.05, 4.69) is 4.90 Å². The third kappa shape index (κ3) is 4.00. The number of ether oxygens (including phenoxy) is 2. The van der Waals surface area contributed by atoms with Crippen LogP contribution in [0.4, 0.5) is 0 Å². The minimum absolute atomic E-state index is 0.175. The van der Waals surface area contributed by atoms with Crippen LogP contribution in [0, 0.1) is 0 Å². The van der Waals surface area contributed by atoms with Crippen molar-refractivity contribution in [3.05, 3.63) is 0 Å². The van der Waals surface area contributed by atoms with E-state index in [4.69, 9.17) is 9.47 Å². The van der Waals surface area contributed by atoms with Crippen LogP contribution >= 0.6 is 0 Å². The molecule has 6 nitrogen and oxygen atoms in total. The summed E-state index contributed by atoms with van der Waals surface area (Å²) in [7, 11) is -3.06.